The molecule has 0 radical (unpaired) electrons. The van der Waals surface area contributed by atoms with E-state index >= 15 is 0 Å². The maximum absolute atomic E-state index is 12.2. The maximum atomic E-state index is 12.2. The lowest BCUT2D eigenvalue weighted by Gasteiger charge is -2.10. The van der Waals surface area contributed by atoms with Gasteiger partial charge >= 0.3 is 5.97 Å². The average molecular weight is 419 g/mol. The van der Waals surface area contributed by atoms with Gasteiger partial charge in [-0.3, -0.25) is 9.78 Å². The molecule has 0 aliphatic rings. The number of rotatable bonds is 10. The molecule has 0 saturated carbocycles. The van der Waals surface area contributed by atoms with E-state index in [-0.39, 0.29) is 12.4 Å². The standard InChI is InChI=1S/C25H25NO5/c1-28-21-11-13-22(14-12-21)30-17-5-7-25(27)31-23-15-9-19(18-24(23)29-2)8-10-20-6-3-4-16-26-20/h3-4,6,8-16,18H,5,7,17H2,1-2H3/b10-8+. The van der Waals surface area contributed by atoms with E-state index in [1.807, 2.05) is 66.7 Å². The molecule has 3 aromatic rings. The molecule has 3 rings (SSSR count). The molecular formula is C25H25NO5. The Balaban J connectivity index is 1.49. The minimum absolute atomic E-state index is 0.237. The van der Waals surface area contributed by atoms with Crippen molar-refractivity contribution in [1.82, 2.24) is 4.98 Å². The molecule has 31 heavy (non-hydrogen) atoms. The van der Waals surface area contributed by atoms with Crippen LogP contribution in [0.2, 0.25) is 0 Å². The monoisotopic (exact) mass is 419 g/mol. The van der Waals surface area contributed by atoms with Gasteiger partial charge < -0.3 is 18.9 Å². The highest BCUT2D eigenvalue weighted by Gasteiger charge is 2.10. The van der Waals surface area contributed by atoms with Crippen molar-refractivity contribution in [1.29, 1.82) is 0 Å². The lowest BCUT2D eigenvalue weighted by molar-refractivity contribution is -0.134. The molecule has 0 aliphatic carbocycles. The Labute approximate surface area is 182 Å². The smallest absolute Gasteiger partial charge is 0.311 e. The normalized spacial score (nSPS) is 10.6. The van der Waals surface area contributed by atoms with E-state index in [0.717, 1.165) is 22.8 Å². The molecule has 1 aromatic heterocycles. The number of hydrogen-bond acceptors (Lipinski definition) is 6. The third-order valence-electron chi connectivity index (χ3n) is 4.40. The second-order valence-corrected chi connectivity index (χ2v) is 6.60. The van der Waals surface area contributed by atoms with E-state index < -0.39 is 0 Å². The van der Waals surface area contributed by atoms with Crippen molar-refractivity contribution in [3.63, 3.8) is 0 Å². The van der Waals surface area contributed by atoms with Crippen LogP contribution in [0.15, 0.2) is 66.9 Å². The number of methoxy groups -OCH3 is 2. The molecule has 0 amide bonds. The molecule has 0 saturated heterocycles. The Hall–Kier alpha value is -3.80. The van der Waals surface area contributed by atoms with Gasteiger partial charge in [0.05, 0.1) is 26.5 Å². The number of benzene rings is 2. The zero-order valence-corrected chi connectivity index (χ0v) is 17.6. The number of esters is 1. The van der Waals surface area contributed by atoms with Gasteiger partial charge in [0.1, 0.15) is 11.5 Å². The summed E-state index contributed by atoms with van der Waals surface area (Å²) in [5.41, 5.74) is 1.77. The number of carbonyl (C=O) groups excluding carboxylic acids is 1. The van der Waals surface area contributed by atoms with Crippen molar-refractivity contribution in [3.05, 3.63) is 78.1 Å². The predicted molar refractivity (Wildman–Crippen MR) is 120 cm³/mol. The van der Waals surface area contributed by atoms with Gasteiger partial charge in [-0.15, -0.1) is 0 Å². The highest BCUT2D eigenvalue weighted by molar-refractivity contribution is 5.74. The summed E-state index contributed by atoms with van der Waals surface area (Å²) in [6.07, 6.45) is 6.35. The first kappa shape index (κ1) is 21.9. The zero-order chi connectivity index (χ0) is 21.9. The molecule has 1 heterocycles. The topological polar surface area (TPSA) is 66.9 Å². The Kier molecular flexibility index (Phi) is 8.05. The van der Waals surface area contributed by atoms with Gasteiger partial charge in [0.15, 0.2) is 11.5 Å². The second-order valence-electron chi connectivity index (χ2n) is 6.60. The quantitative estimate of drug-likeness (QED) is 0.261. The van der Waals surface area contributed by atoms with E-state index in [0.29, 0.717) is 24.5 Å². The predicted octanol–water partition coefficient (Wildman–Crippen LogP) is 5.03. The first-order valence-electron chi connectivity index (χ1n) is 9.92. The third-order valence-corrected chi connectivity index (χ3v) is 4.40. The highest BCUT2D eigenvalue weighted by Crippen LogP contribution is 2.29. The second kappa shape index (κ2) is 11.4. The van der Waals surface area contributed by atoms with Crippen LogP contribution in [0.25, 0.3) is 12.2 Å². The molecular weight excluding hydrogens is 394 g/mol. The van der Waals surface area contributed by atoms with Crippen molar-refractivity contribution in [2.45, 2.75) is 12.8 Å². The summed E-state index contributed by atoms with van der Waals surface area (Å²) in [5, 5.41) is 0. The van der Waals surface area contributed by atoms with E-state index in [1.165, 1.54) is 0 Å². The molecule has 6 nitrogen and oxygen atoms in total. The van der Waals surface area contributed by atoms with Gasteiger partial charge in [-0.1, -0.05) is 18.2 Å². The largest absolute Gasteiger partial charge is 0.497 e. The van der Waals surface area contributed by atoms with Crippen LogP contribution in [-0.4, -0.2) is 31.8 Å². The summed E-state index contributed by atoms with van der Waals surface area (Å²) in [7, 11) is 3.16. The molecule has 0 N–H and O–H groups in total. The maximum Gasteiger partial charge on any atom is 0.311 e. The van der Waals surface area contributed by atoms with E-state index in [4.69, 9.17) is 18.9 Å². The Morgan fingerprint density at radius 3 is 2.42 bits per heavy atom. The first-order chi connectivity index (χ1) is 15.2. The van der Waals surface area contributed by atoms with Gasteiger partial charge in [0.25, 0.3) is 0 Å². The molecule has 0 spiro atoms. The molecule has 0 atom stereocenters. The Morgan fingerprint density at radius 2 is 1.71 bits per heavy atom. The van der Waals surface area contributed by atoms with Crippen LogP contribution in [0.5, 0.6) is 23.0 Å². The molecule has 0 fully saturated rings. The fourth-order valence-electron chi connectivity index (χ4n) is 2.78. The lowest BCUT2D eigenvalue weighted by Crippen LogP contribution is -2.10. The van der Waals surface area contributed by atoms with Crippen LogP contribution in [0.3, 0.4) is 0 Å². The number of nitrogens with zero attached hydrogens (tertiary/aromatic N) is 1. The summed E-state index contributed by atoms with van der Waals surface area (Å²) < 4.78 is 21.6. The number of carbonyl (C=O) groups is 1. The van der Waals surface area contributed by atoms with Crippen LogP contribution in [0, 0.1) is 0 Å². The van der Waals surface area contributed by atoms with Gasteiger partial charge in [0, 0.05) is 12.6 Å². The minimum atomic E-state index is -0.339. The summed E-state index contributed by atoms with van der Waals surface area (Å²) in [6.45, 7) is 0.413. The number of pyridine rings is 1. The van der Waals surface area contributed by atoms with Crippen molar-refractivity contribution >= 4 is 18.1 Å². The Bertz CT molecular complexity index is 1000. The van der Waals surface area contributed by atoms with E-state index in [1.54, 1.807) is 26.5 Å². The molecule has 0 bridgehead atoms. The molecule has 0 unspecified atom stereocenters. The number of aromatic nitrogens is 1. The van der Waals surface area contributed by atoms with Gasteiger partial charge in [0.2, 0.25) is 0 Å². The highest BCUT2D eigenvalue weighted by atomic mass is 16.6. The minimum Gasteiger partial charge on any atom is -0.497 e. The van der Waals surface area contributed by atoms with Gasteiger partial charge in [-0.2, -0.15) is 0 Å². The summed E-state index contributed by atoms with van der Waals surface area (Å²) in [4.78, 5) is 16.5. The average Bonchev–Trinajstić information content (AvgIpc) is 2.82. The van der Waals surface area contributed by atoms with Crippen molar-refractivity contribution in [2.24, 2.45) is 0 Å². The van der Waals surface area contributed by atoms with Crippen molar-refractivity contribution in [2.75, 3.05) is 20.8 Å². The Morgan fingerprint density at radius 1 is 0.903 bits per heavy atom. The number of ether oxygens (including phenoxy) is 4. The fourth-order valence-corrected chi connectivity index (χ4v) is 2.78. The van der Waals surface area contributed by atoms with Crippen LogP contribution >= 0.6 is 0 Å². The SMILES string of the molecule is COc1ccc(OCCCC(=O)Oc2ccc(/C=C/c3ccccn3)cc2OC)cc1. The lowest BCUT2D eigenvalue weighted by atomic mass is 10.1. The third kappa shape index (κ3) is 6.89. The molecule has 0 aliphatic heterocycles. The summed E-state index contributed by atoms with van der Waals surface area (Å²) in [5.74, 6) is 2.03. The van der Waals surface area contributed by atoms with E-state index in [9.17, 15) is 4.79 Å². The van der Waals surface area contributed by atoms with Crippen molar-refractivity contribution in [3.8, 4) is 23.0 Å². The van der Waals surface area contributed by atoms with Crippen molar-refractivity contribution < 1.29 is 23.7 Å². The van der Waals surface area contributed by atoms with E-state index in [2.05, 4.69) is 4.98 Å². The van der Waals surface area contributed by atoms with Crippen LogP contribution in [-0.2, 0) is 4.79 Å². The van der Waals surface area contributed by atoms with Gasteiger partial charge in [-0.25, -0.2) is 0 Å². The summed E-state index contributed by atoms with van der Waals surface area (Å²) in [6, 6.07) is 18.4. The van der Waals surface area contributed by atoms with Crippen LogP contribution in [0.4, 0.5) is 0 Å². The van der Waals surface area contributed by atoms with Crippen LogP contribution in [0.1, 0.15) is 24.1 Å². The molecule has 2 aromatic carbocycles. The molecule has 6 heteroatoms. The number of hydrogen-bond donors (Lipinski definition) is 0. The zero-order valence-electron chi connectivity index (χ0n) is 17.6. The molecule has 160 valence electrons. The van der Waals surface area contributed by atoms with Gasteiger partial charge in [-0.05, 0) is 66.6 Å². The fraction of sp³-hybridized carbons (Fsp3) is 0.200. The first-order valence-corrected chi connectivity index (χ1v) is 9.92. The summed E-state index contributed by atoms with van der Waals surface area (Å²) >= 11 is 0. The van der Waals surface area contributed by atoms with Crippen LogP contribution < -0.4 is 18.9 Å².